The number of fused-ring (bicyclic) bond motifs is 1. The number of hydrogen-bond acceptors (Lipinski definition) is 4. The van der Waals surface area contributed by atoms with Gasteiger partial charge in [-0.15, -0.1) is 0 Å². The third-order valence-corrected chi connectivity index (χ3v) is 4.09. The number of aromatic nitrogens is 2. The first-order chi connectivity index (χ1) is 8.83. The number of para-hydroxylation sites is 1. The molecule has 1 aliphatic heterocycles. The van der Waals surface area contributed by atoms with Crippen molar-refractivity contribution in [2.75, 3.05) is 0 Å². The van der Waals surface area contributed by atoms with E-state index in [0.717, 1.165) is 23.1 Å². The summed E-state index contributed by atoms with van der Waals surface area (Å²) in [5.74, 6) is 3.59. The van der Waals surface area contributed by atoms with Gasteiger partial charge in [0, 0.05) is 22.8 Å². The molecule has 18 heavy (non-hydrogen) atoms. The number of hydrogen-bond donors (Lipinski definition) is 1. The molecule has 0 spiro atoms. The largest absolute Gasteiger partial charge is 0.486 e. The van der Waals surface area contributed by atoms with Gasteiger partial charge >= 0.3 is 0 Å². The molecule has 0 bridgehead atoms. The molecule has 2 heterocycles. The second-order valence-electron chi connectivity index (χ2n) is 4.04. The van der Waals surface area contributed by atoms with Gasteiger partial charge in [-0.2, -0.15) is 11.8 Å². The minimum atomic E-state index is 0.422. The summed E-state index contributed by atoms with van der Waals surface area (Å²) in [4.78, 5) is 7.69. The summed E-state index contributed by atoms with van der Waals surface area (Å²) in [6, 6.07) is 9.72. The fourth-order valence-electron chi connectivity index (χ4n) is 1.86. The fourth-order valence-corrected chi connectivity index (χ4v) is 3.33. The van der Waals surface area contributed by atoms with Crippen LogP contribution in [0.2, 0.25) is 0 Å². The average Bonchev–Trinajstić information content (AvgIpc) is 2.86. The maximum atomic E-state index is 5.66. The van der Waals surface area contributed by atoms with E-state index in [2.05, 4.69) is 9.97 Å². The van der Waals surface area contributed by atoms with E-state index in [1.165, 1.54) is 11.3 Å². The van der Waals surface area contributed by atoms with Crippen molar-refractivity contribution in [3.63, 3.8) is 0 Å². The van der Waals surface area contributed by atoms with Gasteiger partial charge in [0.05, 0.1) is 0 Å². The highest BCUT2D eigenvalue weighted by atomic mass is 32.2. The SMILES string of the molecule is S=c1nc(COc2ccccc2)[nH]c2c1CSC2. The Labute approximate surface area is 115 Å². The number of nitrogens with one attached hydrogen (secondary N) is 1. The zero-order valence-corrected chi connectivity index (χ0v) is 11.3. The van der Waals surface area contributed by atoms with E-state index in [4.69, 9.17) is 17.0 Å². The Morgan fingerprint density at radius 2 is 2.11 bits per heavy atom. The van der Waals surface area contributed by atoms with Crippen LogP contribution in [-0.4, -0.2) is 9.97 Å². The molecule has 1 N–H and O–H groups in total. The molecule has 92 valence electrons. The van der Waals surface area contributed by atoms with Gasteiger partial charge in [0.15, 0.2) is 0 Å². The molecule has 2 aromatic rings. The first-order valence-corrected chi connectivity index (χ1v) is 7.26. The van der Waals surface area contributed by atoms with E-state index in [1.807, 2.05) is 42.1 Å². The lowest BCUT2D eigenvalue weighted by molar-refractivity contribution is 0.295. The van der Waals surface area contributed by atoms with E-state index < -0.39 is 0 Å². The van der Waals surface area contributed by atoms with Crippen molar-refractivity contribution < 1.29 is 4.74 Å². The van der Waals surface area contributed by atoms with Crippen LogP contribution in [0.25, 0.3) is 0 Å². The molecule has 3 rings (SSSR count). The summed E-state index contributed by atoms with van der Waals surface area (Å²) >= 11 is 7.16. The first kappa shape index (κ1) is 11.7. The smallest absolute Gasteiger partial charge is 0.146 e. The van der Waals surface area contributed by atoms with Crippen molar-refractivity contribution in [3.8, 4) is 5.75 Å². The molecule has 0 amide bonds. The summed E-state index contributed by atoms with van der Waals surface area (Å²) in [7, 11) is 0. The Morgan fingerprint density at radius 3 is 2.94 bits per heavy atom. The van der Waals surface area contributed by atoms with Crippen LogP contribution in [0.4, 0.5) is 0 Å². The minimum absolute atomic E-state index is 0.422. The van der Waals surface area contributed by atoms with Gasteiger partial charge < -0.3 is 9.72 Å². The number of H-pyrrole nitrogens is 1. The molecule has 0 fully saturated rings. The molecule has 0 saturated heterocycles. The number of aromatic amines is 1. The number of ether oxygens (including phenoxy) is 1. The number of rotatable bonds is 3. The molecular weight excluding hydrogens is 264 g/mol. The molecule has 0 radical (unpaired) electrons. The maximum Gasteiger partial charge on any atom is 0.146 e. The quantitative estimate of drug-likeness (QED) is 0.871. The van der Waals surface area contributed by atoms with Gasteiger partial charge in [-0.25, -0.2) is 4.98 Å². The summed E-state index contributed by atoms with van der Waals surface area (Å²) in [5, 5.41) is 0. The Morgan fingerprint density at radius 1 is 1.28 bits per heavy atom. The molecule has 1 aliphatic rings. The average molecular weight is 276 g/mol. The van der Waals surface area contributed by atoms with Gasteiger partial charge in [-0.1, -0.05) is 30.4 Å². The van der Waals surface area contributed by atoms with Crippen molar-refractivity contribution in [1.82, 2.24) is 9.97 Å². The first-order valence-electron chi connectivity index (χ1n) is 5.69. The van der Waals surface area contributed by atoms with E-state index in [0.29, 0.717) is 11.2 Å². The van der Waals surface area contributed by atoms with Crippen molar-refractivity contribution in [1.29, 1.82) is 0 Å². The highest BCUT2D eigenvalue weighted by Gasteiger charge is 2.15. The van der Waals surface area contributed by atoms with Crippen LogP contribution in [0, 0.1) is 4.64 Å². The third-order valence-electron chi connectivity index (χ3n) is 2.77. The predicted octanol–water partition coefficient (Wildman–Crippen LogP) is 3.46. The highest BCUT2D eigenvalue weighted by Crippen LogP contribution is 2.28. The number of nitrogens with zero attached hydrogens (tertiary/aromatic N) is 1. The molecular formula is C13H12N2OS2. The van der Waals surface area contributed by atoms with Crippen LogP contribution in [0.15, 0.2) is 30.3 Å². The maximum absolute atomic E-state index is 5.66. The normalized spacial score (nSPS) is 13.3. The van der Waals surface area contributed by atoms with Gasteiger partial charge in [0.25, 0.3) is 0 Å². The topological polar surface area (TPSA) is 37.9 Å². The molecule has 3 nitrogen and oxygen atoms in total. The van der Waals surface area contributed by atoms with E-state index >= 15 is 0 Å². The van der Waals surface area contributed by atoms with E-state index in [-0.39, 0.29) is 0 Å². The Hall–Kier alpha value is -1.33. The van der Waals surface area contributed by atoms with Gasteiger partial charge in [-0.3, -0.25) is 0 Å². The fraction of sp³-hybridized carbons (Fsp3) is 0.231. The zero-order valence-electron chi connectivity index (χ0n) is 9.68. The van der Waals surface area contributed by atoms with Gasteiger partial charge in [0.2, 0.25) is 0 Å². The molecule has 0 saturated carbocycles. The van der Waals surface area contributed by atoms with Crippen LogP contribution in [0.1, 0.15) is 17.1 Å². The second kappa shape index (κ2) is 5.12. The lowest BCUT2D eigenvalue weighted by atomic mass is 10.3. The van der Waals surface area contributed by atoms with Crippen molar-refractivity contribution >= 4 is 24.0 Å². The molecule has 1 aromatic heterocycles. The minimum Gasteiger partial charge on any atom is -0.486 e. The molecule has 1 aromatic carbocycles. The monoisotopic (exact) mass is 276 g/mol. The third kappa shape index (κ3) is 2.42. The lowest BCUT2D eigenvalue weighted by Crippen LogP contribution is -2.05. The van der Waals surface area contributed by atoms with Crippen LogP contribution in [0.5, 0.6) is 5.75 Å². The summed E-state index contributed by atoms with van der Waals surface area (Å²) in [6.07, 6.45) is 0. The Bertz CT molecular complexity index is 610. The molecule has 0 unspecified atom stereocenters. The number of benzene rings is 1. The molecule has 0 atom stereocenters. The lowest BCUT2D eigenvalue weighted by Gasteiger charge is -2.07. The van der Waals surface area contributed by atoms with Crippen molar-refractivity contribution in [2.45, 2.75) is 18.1 Å². The summed E-state index contributed by atoms with van der Waals surface area (Å²) < 4.78 is 6.37. The van der Waals surface area contributed by atoms with Crippen LogP contribution in [0.3, 0.4) is 0 Å². The van der Waals surface area contributed by atoms with Crippen molar-refractivity contribution in [2.24, 2.45) is 0 Å². The van der Waals surface area contributed by atoms with Crippen LogP contribution in [-0.2, 0) is 18.1 Å². The second-order valence-corrected chi connectivity index (χ2v) is 5.41. The standard InChI is InChI=1S/C13H12N2OS2/c17-13-10-7-18-8-11(10)14-12(15-13)6-16-9-4-2-1-3-5-9/h1-5H,6-8H2,(H,14,15,17). The molecule has 0 aliphatic carbocycles. The Balaban J connectivity index is 1.78. The predicted molar refractivity (Wildman–Crippen MR) is 75.2 cm³/mol. The number of thioether (sulfide) groups is 1. The van der Waals surface area contributed by atoms with Gasteiger partial charge in [0.1, 0.15) is 22.8 Å². The van der Waals surface area contributed by atoms with Crippen LogP contribution >= 0.6 is 24.0 Å². The van der Waals surface area contributed by atoms with Crippen LogP contribution < -0.4 is 4.74 Å². The molecule has 5 heteroatoms. The highest BCUT2D eigenvalue weighted by molar-refractivity contribution is 7.98. The zero-order chi connectivity index (χ0) is 12.4. The Kier molecular flexibility index (Phi) is 3.34. The summed E-state index contributed by atoms with van der Waals surface area (Å²) in [6.45, 7) is 0.422. The van der Waals surface area contributed by atoms with Crippen molar-refractivity contribution in [3.05, 3.63) is 52.1 Å². The van der Waals surface area contributed by atoms with E-state index in [9.17, 15) is 0 Å². The summed E-state index contributed by atoms with van der Waals surface area (Å²) in [5.41, 5.74) is 2.38. The van der Waals surface area contributed by atoms with Gasteiger partial charge in [-0.05, 0) is 12.1 Å². The van der Waals surface area contributed by atoms with E-state index in [1.54, 1.807) is 0 Å².